The fourth-order valence-corrected chi connectivity index (χ4v) is 3.02. The van der Waals surface area contributed by atoms with E-state index in [0.717, 1.165) is 19.5 Å². The van der Waals surface area contributed by atoms with E-state index in [9.17, 15) is 0 Å². The number of hydrogen-bond donors (Lipinski definition) is 1. The summed E-state index contributed by atoms with van der Waals surface area (Å²) in [6, 6.07) is 6.40. The van der Waals surface area contributed by atoms with Gasteiger partial charge in [0, 0.05) is 41.8 Å². The molecule has 0 unspecified atom stereocenters. The highest BCUT2D eigenvalue weighted by atomic mass is 32.1. The Kier molecular flexibility index (Phi) is 5.07. The van der Waals surface area contributed by atoms with Gasteiger partial charge in [-0.15, -0.1) is 11.3 Å². The van der Waals surface area contributed by atoms with Crippen LogP contribution in [0.1, 0.15) is 20.9 Å². The van der Waals surface area contributed by atoms with Crippen molar-refractivity contribution in [2.75, 3.05) is 13.6 Å². The number of nitrogens with two attached hydrogens (primary N) is 1. The number of rotatable bonds is 6. The normalized spacial score (nSPS) is 11.2. The summed E-state index contributed by atoms with van der Waals surface area (Å²) in [6.45, 7) is 4.87. The molecule has 2 N–H and O–H groups in total. The standard InChI is InChI=1S/C15H21N3S/c1-12-14(9-15(10-16)19-12)11-18(2)8-5-13-3-6-17-7-4-13/h3-4,6-7,9H,5,8,10-11,16H2,1-2H3. The van der Waals surface area contributed by atoms with Crippen LogP contribution in [0.15, 0.2) is 30.6 Å². The van der Waals surface area contributed by atoms with E-state index in [-0.39, 0.29) is 0 Å². The monoisotopic (exact) mass is 275 g/mol. The first kappa shape index (κ1) is 14.2. The molecule has 0 aromatic carbocycles. The Morgan fingerprint density at radius 2 is 2.05 bits per heavy atom. The van der Waals surface area contributed by atoms with Gasteiger partial charge in [0.05, 0.1) is 0 Å². The van der Waals surface area contributed by atoms with E-state index < -0.39 is 0 Å². The van der Waals surface area contributed by atoms with Crippen molar-refractivity contribution in [3.8, 4) is 0 Å². The molecule has 0 aliphatic rings. The molecule has 19 heavy (non-hydrogen) atoms. The number of nitrogens with zero attached hydrogens (tertiary/aromatic N) is 2. The first-order valence-corrected chi connectivity index (χ1v) is 7.36. The van der Waals surface area contributed by atoms with Crippen molar-refractivity contribution in [1.82, 2.24) is 9.88 Å². The first-order chi connectivity index (χ1) is 9.19. The lowest BCUT2D eigenvalue weighted by molar-refractivity contribution is 0.331. The first-order valence-electron chi connectivity index (χ1n) is 6.54. The number of thiophene rings is 1. The molecule has 3 nitrogen and oxygen atoms in total. The Hall–Kier alpha value is -1.23. The summed E-state index contributed by atoms with van der Waals surface area (Å²) in [5, 5.41) is 0. The van der Waals surface area contributed by atoms with Gasteiger partial charge in [0.1, 0.15) is 0 Å². The Labute approximate surface area is 119 Å². The largest absolute Gasteiger partial charge is 0.326 e. The molecule has 0 saturated carbocycles. The smallest absolute Gasteiger partial charge is 0.0274 e. The average Bonchev–Trinajstić information content (AvgIpc) is 2.78. The molecule has 2 heterocycles. The predicted molar refractivity (Wildman–Crippen MR) is 81.2 cm³/mol. The Balaban J connectivity index is 1.87. The molecule has 2 aromatic heterocycles. The molecule has 0 aliphatic carbocycles. The van der Waals surface area contributed by atoms with E-state index >= 15 is 0 Å². The van der Waals surface area contributed by atoms with Crippen LogP contribution in [0.4, 0.5) is 0 Å². The molecular formula is C15H21N3S. The average molecular weight is 275 g/mol. The van der Waals surface area contributed by atoms with Crippen LogP contribution in [-0.2, 0) is 19.5 Å². The number of likely N-dealkylation sites (N-methyl/N-ethyl adjacent to an activating group) is 1. The summed E-state index contributed by atoms with van der Waals surface area (Å²) in [6.07, 6.45) is 4.77. The maximum Gasteiger partial charge on any atom is 0.0274 e. The van der Waals surface area contributed by atoms with Gasteiger partial charge in [0.15, 0.2) is 0 Å². The summed E-state index contributed by atoms with van der Waals surface area (Å²) < 4.78 is 0. The Morgan fingerprint density at radius 3 is 2.68 bits per heavy atom. The third-order valence-electron chi connectivity index (χ3n) is 3.24. The van der Waals surface area contributed by atoms with Gasteiger partial charge < -0.3 is 10.6 Å². The zero-order chi connectivity index (χ0) is 13.7. The second-order valence-electron chi connectivity index (χ2n) is 4.84. The van der Waals surface area contributed by atoms with E-state index in [1.807, 2.05) is 23.7 Å². The van der Waals surface area contributed by atoms with Crippen LogP contribution < -0.4 is 5.73 Å². The van der Waals surface area contributed by atoms with E-state index in [1.165, 1.54) is 20.9 Å². The number of pyridine rings is 1. The van der Waals surface area contributed by atoms with Crippen LogP contribution in [0.3, 0.4) is 0 Å². The third-order valence-corrected chi connectivity index (χ3v) is 4.36. The van der Waals surface area contributed by atoms with Gasteiger partial charge in [-0.25, -0.2) is 0 Å². The van der Waals surface area contributed by atoms with Gasteiger partial charge in [-0.1, -0.05) is 0 Å². The number of hydrogen-bond acceptors (Lipinski definition) is 4. The molecule has 0 fully saturated rings. The van der Waals surface area contributed by atoms with Crippen LogP contribution >= 0.6 is 11.3 Å². The van der Waals surface area contributed by atoms with Gasteiger partial charge in [-0.05, 0) is 49.7 Å². The Bertz CT molecular complexity index is 507. The van der Waals surface area contributed by atoms with Crippen LogP contribution in [-0.4, -0.2) is 23.5 Å². The third kappa shape index (κ3) is 4.13. The minimum Gasteiger partial charge on any atom is -0.326 e. The highest BCUT2D eigenvalue weighted by Crippen LogP contribution is 2.22. The highest BCUT2D eigenvalue weighted by molar-refractivity contribution is 7.12. The van der Waals surface area contributed by atoms with Gasteiger partial charge in [0.25, 0.3) is 0 Å². The van der Waals surface area contributed by atoms with E-state index in [2.05, 4.69) is 42.1 Å². The van der Waals surface area contributed by atoms with Gasteiger partial charge in [-0.3, -0.25) is 4.98 Å². The molecule has 0 bridgehead atoms. The quantitative estimate of drug-likeness (QED) is 0.881. The number of aryl methyl sites for hydroxylation is 1. The molecule has 102 valence electrons. The van der Waals surface area contributed by atoms with Crippen molar-refractivity contribution in [3.05, 3.63) is 51.5 Å². The van der Waals surface area contributed by atoms with Crippen molar-refractivity contribution in [1.29, 1.82) is 0 Å². The molecular weight excluding hydrogens is 254 g/mol. The second kappa shape index (κ2) is 6.80. The van der Waals surface area contributed by atoms with Crippen molar-refractivity contribution in [2.24, 2.45) is 5.73 Å². The second-order valence-corrected chi connectivity index (χ2v) is 6.18. The maximum atomic E-state index is 5.69. The predicted octanol–water partition coefficient (Wildman–Crippen LogP) is 2.58. The lowest BCUT2D eigenvalue weighted by Gasteiger charge is -2.16. The lowest BCUT2D eigenvalue weighted by atomic mass is 10.2. The summed E-state index contributed by atoms with van der Waals surface area (Å²) in [4.78, 5) is 9.06. The summed E-state index contributed by atoms with van der Waals surface area (Å²) in [5.41, 5.74) is 8.43. The van der Waals surface area contributed by atoms with Crippen molar-refractivity contribution in [2.45, 2.75) is 26.4 Å². The summed E-state index contributed by atoms with van der Waals surface area (Å²) in [5.74, 6) is 0. The minimum absolute atomic E-state index is 0.645. The van der Waals surface area contributed by atoms with Gasteiger partial charge in [0.2, 0.25) is 0 Å². The van der Waals surface area contributed by atoms with E-state index in [0.29, 0.717) is 6.54 Å². The van der Waals surface area contributed by atoms with Crippen molar-refractivity contribution in [3.63, 3.8) is 0 Å². The summed E-state index contributed by atoms with van der Waals surface area (Å²) in [7, 11) is 2.17. The van der Waals surface area contributed by atoms with Crippen LogP contribution in [0.25, 0.3) is 0 Å². The summed E-state index contributed by atoms with van der Waals surface area (Å²) >= 11 is 1.81. The highest BCUT2D eigenvalue weighted by Gasteiger charge is 2.07. The number of aromatic nitrogens is 1. The van der Waals surface area contributed by atoms with Gasteiger partial charge in [-0.2, -0.15) is 0 Å². The van der Waals surface area contributed by atoms with E-state index in [1.54, 1.807) is 0 Å². The van der Waals surface area contributed by atoms with Crippen molar-refractivity contribution >= 4 is 11.3 Å². The molecule has 0 atom stereocenters. The SMILES string of the molecule is Cc1sc(CN)cc1CN(C)CCc1ccncc1. The molecule has 0 amide bonds. The molecule has 2 aromatic rings. The molecule has 0 saturated heterocycles. The van der Waals surface area contributed by atoms with Crippen LogP contribution in [0.5, 0.6) is 0 Å². The fourth-order valence-electron chi connectivity index (χ4n) is 2.08. The van der Waals surface area contributed by atoms with Crippen molar-refractivity contribution < 1.29 is 0 Å². The zero-order valence-corrected chi connectivity index (χ0v) is 12.4. The van der Waals surface area contributed by atoms with E-state index in [4.69, 9.17) is 5.73 Å². The molecule has 0 aliphatic heterocycles. The maximum absolute atomic E-state index is 5.69. The molecule has 2 rings (SSSR count). The fraction of sp³-hybridized carbons (Fsp3) is 0.400. The molecule has 0 radical (unpaired) electrons. The lowest BCUT2D eigenvalue weighted by Crippen LogP contribution is -2.20. The van der Waals surface area contributed by atoms with Crippen LogP contribution in [0.2, 0.25) is 0 Å². The topological polar surface area (TPSA) is 42.1 Å². The molecule has 4 heteroatoms. The zero-order valence-electron chi connectivity index (χ0n) is 11.6. The van der Waals surface area contributed by atoms with Gasteiger partial charge >= 0.3 is 0 Å². The Morgan fingerprint density at radius 1 is 1.32 bits per heavy atom. The molecule has 0 spiro atoms. The van der Waals surface area contributed by atoms with Crippen LogP contribution in [0, 0.1) is 6.92 Å². The minimum atomic E-state index is 0.645.